The van der Waals surface area contributed by atoms with Gasteiger partial charge in [0.15, 0.2) is 0 Å². The van der Waals surface area contributed by atoms with E-state index in [1.807, 2.05) is 26.8 Å². The molecule has 4 heteroatoms. The summed E-state index contributed by atoms with van der Waals surface area (Å²) in [6.07, 6.45) is 1.95. The molecule has 1 aromatic carbocycles. The molecule has 110 valence electrons. The molecule has 20 heavy (non-hydrogen) atoms. The molecule has 0 radical (unpaired) electrons. The zero-order valence-corrected chi connectivity index (χ0v) is 13.8. The number of halogens is 1. The van der Waals surface area contributed by atoms with Crippen molar-refractivity contribution in [2.75, 3.05) is 6.61 Å². The predicted octanol–water partition coefficient (Wildman–Crippen LogP) is 4.18. The second-order valence-electron chi connectivity index (χ2n) is 6.04. The Bertz CT molecular complexity index is 491. The van der Waals surface area contributed by atoms with Gasteiger partial charge in [-0.05, 0) is 50.8 Å². The van der Waals surface area contributed by atoms with Crippen LogP contribution in [0.2, 0.25) is 0 Å². The minimum Gasteiger partial charge on any atom is -0.460 e. The molecule has 0 unspecified atom stereocenters. The van der Waals surface area contributed by atoms with E-state index in [1.54, 1.807) is 0 Å². The second-order valence-corrected chi connectivity index (χ2v) is 6.90. The van der Waals surface area contributed by atoms with Gasteiger partial charge < -0.3 is 9.47 Å². The van der Waals surface area contributed by atoms with Crippen molar-refractivity contribution in [2.24, 2.45) is 0 Å². The van der Waals surface area contributed by atoms with Crippen LogP contribution in [-0.2, 0) is 20.7 Å². The minimum atomic E-state index is -0.425. The van der Waals surface area contributed by atoms with E-state index >= 15 is 0 Å². The summed E-state index contributed by atoms with van der Waals surface area (Å²) in [5.41, 5.74) is 2.06. The molecule has 0 saturated heterocycles. The van der Waals surface area contributed by atoms with Gasteiger partial charge >= 0.3 is 5.97 Å². The third-order valence-electron chi connectivity index (χ3n) is 3.20. The number of fused-ring (bicyclic) bond motifs is 1. The van der Waals surface area contributed by atoms with Crippen LogP contribution in [0.5, 0.6) is 0 Å². The number of rotatable bonds is 3. The van der Waals surface area contributed by atoms with Crippen LogP contribution in [0.15, 0.2) is 22.7 Å². The van der Waals surface area contributed by atoms with Crippen molar-refractivity contribution in [3.8, 4) is 0 Å². The van der Waals surface area contributed by atoms with E-state index in [0.29, 0.717) is 19.4 Å². The van der Waals surface area contributed by atoms with Crippen LogP contribution < -0.4 is 0 Å². The van der Waals surface area contributed by atoms with Crippen molar-refractivity contribution in [1.29, 1.82) is 0 Å². The summed E-state index contributed by atoms with van der Waals surface area (Å²) in [6.45, 7) is 6.35. The Hall–Kier alpha value is -0.870. The Labute approximate surface area is 128 Å². The largest absolute Gasteiger partial charge is 0.460 e. The molecule has 0 spiro atoms. The monoisotopic (exact) mass is 340 g/mol. The number of esters is 1. The van der Waals surface area contributed by atoms with Gasteiger partial charge in [0, 0.05) is 10.9 Å². The number of hydrogen-bond donors (Lipinski definition) is 0. The van der Waals surface area contributed by atoms with Crippen LogP contribution >= 0.6 is 15.9 Å². The van der Waals surface area contributed by atoms with E-state index < -0.39 is 5.60 Å². The Balaban J connectivity index is 1.99. The fourth-order valence-electron chi connectivity index (χ4n) is 2.41. The topological polar surface area (TPSA) is 35.5 Å². The fourth-order valence-corrected chi connectivity index (χ4v) is 2.99. The molecule has 3 nitrogen and oxygen atoms in total. The standard InChI is InChI=1S/C16H21BrO3/c1-16(2,3)20-15(18)8-7-14-12-5-4-6-13(17)11(12)9-10-19-14/h4-6,14H,7-10H2,1-3H3/t14-/m1/s1. The third kappa shape index (κ3) is 4.06. The summed E-state index contributed by atoms with van der Waals surface area (Å²) in [5, 5.41) is 0. The lowest BCUT2D eigenvalue weighted by molar-refractivity contribution is -0.155. The summed E-state index contributed by atoms with van der Waals surface area (Å²) in [5.74, 6) is -0.164. The van der Waals surface area contributed by atoms with Crippen molar-refractivity contribution in [1.82, 2.24) is 0 Å². The van der Waals surface area contributed by atoms with Crippen LogP contribution in [0.4, 0.5) is 0 Å². The van der Waals surface area contributed by atoms with E-state index in [0.717, 1.165) is 10.9 Å². The van der Waals surface area contributed by atoms with Crippen LogP contribution in [0.25, 0.3) is 0 Å². The van der Waals surface area contributed by atoms with E-state index in [2.05, 4.69) is 28.1 Å². The third-order valence-corrected chi connectivity index (χ3v) is 3.95. The van der Waals surface area contributed by atoms with Crippen LogP contribution in [-0.4, -0.2) is 18.2 Å². The van der Waals surface area contributed by atoms with E-state index in [-0.39, 0.29) is 12.1 Å². The first-order valence-corrected chi connectivity index (χ1v) is 7.77. The van der Waals surface area contributed by atoms with Gasteiger partial charge in [0.1, 0.15) is 5.60 Å². The normalized spacial score (nSPS) is 18.5. The Morgan fingerprint density at radius 3 is 2.90 bits per heavy atom. The first-order valence-electron chi connectivity index (χ1n) is 6.97. The Kier molecular flexibility index (Phi) is 4.86. The summed E-state index contributed by atoms with van der Waals surface area (Å²) in [4.78, 5) is 11.8. The van der Waals surface area contributed by atoms with Gasteiger partial charge in [-0.1, -0.05) is 28.1 Å². The highest BCUT2D eigenvalue weighted by Crippen LogP contribution is 2.34. The van der Waals surface area contributed by atoms with Gasteiger partial charge in [-0.25, -0.2) is 0 Å². The molecule has 1 heterocycles. The van der Waals surface area contributed by atoms with Gasteiger partial charge in [0.25, 0.3) is 0 Å². The lowest BCUT2D eigenvalue weighted by Crippen LogP contribution is -2.24. The van der Waals surface area contributed by atoms with Gasteiger partial charge in [0.05, 0.1) is 12.7 Å². The Morgan fingerprint density at radius 2 is 2.20 bits per heavy atom. The van der Waals surface area contributed by atoms with Crippen molar-refractivity contribution < 1.29 is 14.3 Å². The van der Waals surface area contributed by atoms with Gasteiger partial charge in [-0.2, -0.15) is 0 Å². The maximum Gasteiger partial charge on any atom is 0.306 e. The highest BCUT2D eigenvalue weighted by Gasteiger charge is 2.24. The van der Waals surface area contributed by atoms with Gasteiger partial charge in [0.2, 0.25) is 0 Å². The highest BCUT2D eigenvalue weighted by atomic mass is 79.9. The van der Waals surface area contributed by atoms with E-state index in [4.69, 9.17) is 9.47 Å². The number of carbonyl (C=O) groups excluding carboxylic acids is 1. The lowest BCUT2D eigenvalue weighted by Gasteiger charge is -2.27. The highest BCUT2D eigenvalue weighted by molar-refractivity contribution is 9.10. The molecule has 0 amide bonds. The molecule has 1 atom stereocenters. The fraction of sp³-hybridized carbons (Fsp3) is 0.562. The minimum absolute atomic E-state index is 0.0104. The average Bonchev–Trinajstić information content (AvgIpc) is 2.35. The number of hydrogen-bond acceptors (Lipinski definition) is 3. The predicted molar refractivity (Wildman–Crippen MR) is 81.6 cm³/mol. The number of carbonyl (C=O) groups is 1. The van der Waals surface area contributed by atoms with Crippen LogP contribution in [0, 0.1) is 0 Å². The number of ether oxygens (including phenoxy) is 2. The summed E-state index contributed by atoms with van der Waals surface area (Å²) < 4.78 is 12.3. The molecule has 1 aliphatic heterocycles. The molecule has 0 fully saturated rings. The zero-order valence-electron chi connectivity index (χ0n) is 12.2. The van der Waals surface area contributed by atoms with Gasteiger partial charge in [-0.15, -0.1) is 0 Å². The maximum atomic E-state index is 11.8. The molecule has 0 aromatic heterocycles. The second kappa shape index (κ2) is 6.27. The molecule has 0 bridgehead atoms. The smallest absolute Gasteiger partial charge is 0.306 e. The number of benzene rings is 1. The van der Waals surface area contributed by atoms with Crippen molar-refractivity contribution in [2.45, 2.75) is 51.7 Å². The Morgan fingerprint density at radius 1 is 1.45 bits per heavy atom. The van der Waals surface area contributed by atoms with Gasteiger partial charge in [-0.3, -0.25) is 4.79 Å². The quantitative estimate of drug-likeness (QED) is 0.774. The molecule has 0 N–H and O–H groups in total. The molecule has 1 aromatic rings. The summed E-state index contributed by atoms with van der Waals surface area (Å²) in [6, 6.07) is 6.15. The molecule has 0 saturated carbocycles. The average molecular weight is 341 g/mol. The molecular weight excluding hydrogens is 320 g/mol. The molecule has 2 rings (SSSR count). The summed E-state index contributed by atoms with van der Waals surface area (Å²) >= 11 is 3.58. The van der Waals surface area contributed by atoms with E-state index in [1.165, 1.54) is 11.1 Å². The zero-order chi connectivity index (χ0) is 14.8. The lowest BCUT2D eigenvalue weighted by atomic mass is 9.95. The van der Waals surface area contributed by atoms with Crippen LogP contribution in [0.1, 0.15) is 50.8 Å². The first kappa shape index (κ1) is 15.5. The van der Waals surface area contributed by atoms with Crippen molar-refractivity contribution in [3.05, 3.63) is 33.8 Å². The summed E-state index contributed by atoms with van der Waals surface area (Å²) in [7, 11) is 0. The van der Waals surface area contributed by atoms with Crippen molar-refractivity contribution in [3.63, 3.8) is 0 Å². The maximum absolute atomic E-state index is 11.8. The van der Waals surface area contributed by atoms with E-state index in [9.17, 15) is 4.79 Å². The SMILES string of the molecule is CC(C)(C)OC(=O)CC[C@H]1OCCc2c(Br)cccc21. The molecular formula is C16H21BrO3. The van der Waals surface area contributed by atoms with Crippen LogP contribution in [0.3, 0.4) is 0 Å². The van der Waals surface area contributed by atoms with Crippen molar-refractivity contribution >= 4 is 21.9 Å². The first-order chi connectivity index (χ1) is 9.37. The molecule has 1 aliphatic rings. The molecule has 0 aliphatic carbocycles.